The van der Waals surface area contributed by atoms with Crippen LogP contribution < -0.4 is 0 Å². The van der Waals surface area contributed by atoms with Gasteiger partial charge in [0.05, 0.1) is 17.0 Å². The summed E-state index contributed by atoms with van der Waals surface area (Å²) in [4.78, 5) is 41.7. The lowest BCUT2D eigenvalue weighted by atomic mass is 9.89. The second kappa shape index (κ2) is 4.41. The Labute approximate surface area is 121 Å². The fourth-order valence-electron chi connectivity index (χ4n) is 3.61. The van der Waals surface area contributed by atoms with Crippen molar-refractivity contribution in [3.63, 3.8) is 0 Å². The van der Waals surface area contributed by atoms with E-state index in [1.807, 2.05) is 0 Å². The van der Waals surface area contributed by atoms with Crippen molar-refractivity contribution in [3.05, 3.63) is 35.4 Å². The van der Waals surface area contributed by atoms with E-state index in [0.717, 1.165) is 19.3 Å². The van der Waals surface area contributed by atoms with Crippen molar-refractivity contribution in [1.82, 2.24) is 5.06 Å². The van der Waals surface area contributed by atoms with Crippen molar-refractivity contribution >= 4 is 17.8 Å². The van der Waals surface area contributed by atoms with Crippen LogP contribution in [0, 0.1) is 17.8 Å². The van der Waals surface area contributed by atoms with Gasteiger partial charge in [-0.25, -0.2) is 4.79 Å². The molecule has 1 aromatic rings. The van der Waals surface area contributed by atoms with E-state index in [9.17, 15) is 14.4 Å². The molecule has 0 aromatic heterocycles. The number of amides is 2. The van der Waals surface area contributed by atoms with Crippen molar-refractivity contribution in [2.45, 2.75) is 25.7 Å². The number of carbonyl (C=O) groups excluding carboxylic acids is 3. The second-order valence-corrected chi connectivity index (χ2v) is 6.06. The van der Waals surface area contributed by atoms with Crippen molar-refractivity contribution in [2.24, 2.45) is 17.8 Å². The lowest BCUT2D eigenvalue weighted by molar-refractivity contribution is -0.175. The average molecular weight is 285 g/mol. The molecule has 0 spiro atoms. The van der Waals surface area contributed by atoms with E-state index in [4.69, 9.17) is 4.84 Å². The third kappa shape index (κ3) is 1.87. The molecule has 0 saturated heterocycles. The number of benzene rings is 1. The van der Waals surface area contributed by atoms with Crippen LogP contribution in [0.1, 0.15) is 46.4 Å². The van der Waals surface area contributed by atoms with E-state index in [0.29, 0.717) is 28.0 Å². The Kier molecular flexibility index (Phi) is 2.64. The first kappa shape index (κ1) is 12.6. The number of fused-ring (bicyclic) bond motifs is 2. The molecule has 4 rings (SSSR count). The van der Waals surface area contributed by atoms with E-state index in [1.165, 1.54) is 6.42 Å². The molecule has 0 radical (unpaired) electrons. The molecule has 3 unspecified atom stereocenters. The van der Waals surface area contributed by atoms with Crippen LogP contribution in [0.2, 0.25) is 0 Å². The second-order valence-electron chi connectivity index (χ2n) is 6.06. The van der Waals surface area contributed by atoms with Gasteiger partial charge in [-0.3, -0.25) is 9.59 Å². The van der Waals surface area contributed by atoms with Crippen molar-refractivity contribution < 1.29 is 19.2 Å². The molecular weight excluding hydrogens is 270 g/mol. The third-order valence-corrected chi connectivity index (χ3v) is 4.82. The van der Waals surface area contributed by atoms with Gasteiger partial charge in [0.15, 0.2) is 0 Å². The Bertz CT molecular complexity index is 618. The lowest BCUT2D eigenvalue weighted by Gasteiger charge is -2.21. The van der Waals surface area contributed by atoms with Gasteiger partial charge in [0.1, 0.15) is 0 Å². The zero-order chi connectivity index (χ0) is 14.6. The zero-order valence-electron chi connectivity index (χ0n) is 11.5. The quantitative estimate of drug-likeness (QED) is 0.781. The molecule has 2 aliphatic carbocycles. The summed E-state index contributed by atoms with van der Waals surface area (Å²) in [6, 6.07) is 6.51. The first-order valence-electron chi connectivity index (χ1n) is 7.36. The highest BCUT2D eigenvalue weighted by Gasteiger charge is 2.50. The number of nitrogens with zero attached hydrogens (tertiary/aromatic N) is 1. The Balaban J connectivity index is 1.52. The number of carbonyl (C=O) groups is 3. The van der Waals surface area contributed by atoms with Gasteiger partial charge in [0.2, 0.25) is 0 Å². The first-order valence-corrected chi connectivity index (χ1v) is 7.36. The van der Waals surface area contributed by atoms with Crippen LogP contribution in [0.4, 0.5) is 0 Å². The Morgan fingerprint density at radius 3 is 2.43 bits per heavy atom. The van der Waals surface area contributed by atoms with Crippen LogP contribution in [0.3, 0.4) is 0 Å². The van der Waals surface area contributed by atoms with Gasteiger partial charge in [-0.1, -0.05) is 30.0 Å². The number of rotatable bonds is 2. The summed E-state index contributed by atoms with van der Waals surface area (Å²) in [6.07, 6.45) is 4.07. The Hall–Kier alpha value is -2.17. The molecule has 21 heavy (non-hydrogen) atoms. The van der Waals surface area contributed by atoms with Crippen LogP contribution in [0.5, 0.6) is 0 Å². The van der Waals surface area contributed by atoms with Crippen LogP contribution in [0.15, 0.2) is 24.3 Å². The third-order valence-electron chi connectivity index (χ3n) is 4.82. The Morgan fingerprint density at radius 2 is 1.76 bits per heavy atom. The van der Waals surface area contributed by atoms with E-state index >= 15 is 0 Å². The zero-order valence-corrected chi connectivity index (χ0v) is 11.5. The summed E-state index contributed by atoms with van der Waals surface area (Å²) in [5.74, 6) is -0.663. The maximum atomic E-state index is 12.3. The fraction of sp³-hybridized carbons (Fsp3) is 0.438. The fourth-order valence-corrected chi connectivity index (χ4v) is 3.61. The van der Waals surface area contributed by atoms with Crippen molar-refractivity contribution in [3.8, 4) is 0 Å². The molecule has 5 nitrogen and oxygen atoms in total. The predicted octanol–water partition coefficient (Wildman–Crippen LogP) is 2.18. The van der Waals surface area contributed by atoms with Gasteiger partial charge < -0.3 is 4.84 Å². The molecule has 0 bridgehead atoms. The molecule has 2 fully saturated rings. The molecule has 108 valence electrons. The van der Waals surface area contributed by atoms with Gasteiger partial charge in [-0.2, -0.15) is 0 Å². The van der Waals surface area contributed by atoms with Gasteiger partial charge in [0.25, 0.3) is 11.8 Å². The average Bonchev–Trinajstić information content (AvgIpc) is 3.26. The summed E-state index contributed by atoms with van der Waals surface area (Å²) in [5.41, 5.74) is 0.589. The van der Waals surface area contributed by atoms with Crippen LogP contribution >= 0.6 is 0 Å². The number of imide groups is 1. The molecule has 1 heterocycles. The summed E-state index contributed by atoms with van der Waals surface area (Å²) in [6.45, 7) is 0. The first-order chi connectivity index (χ1) is 10.2. The maximum Gasteiger partial charge on any atom is 0.336 e. The lowest BCUT2D eigenvalue weighted by Crippen LogP contribution is -2.36. The van der Waals surface area contributed by atoms with Crippen LogP contribution in [0.25, 0.3) is 0 Å². The minimum atomic E-state index is -0.549. The predicted molar refractivity (Wildman–Crippen MR) is 72.0 cm³/mol. The summed E-state index contributed by atoms with van der Waals surface area (Å²) >= 11 is 0. The van der Waals surface area contributed by atoms with E-state index in [-0.39, 0.29) is 5.92 Å². The molecule has 1 aromatic carbocycles. The highest BCUT2D eigenvalue weighted by atomic mass is 16.7. The smallest absolute Gasteiger partial charge is 0.329 e. The molecular formula is C16H15NO4. The largest absolute Gasteiger partial charge is 0.336 e. The minimum absolute atomic E-state index is 0.159. The van der Waals surface area contributed by atoms with Crippen molar-refractivity contribution in [2.75, 3.05) is 0 Å². The highest BCUT2D eigenvalue weighted by Crippen LogP contribution is 2.53. The molecule has 3 aliphatic rings. The minimum Gasteiger partial charge on any atom is -0.329 e. The van der Waals surface area contributed by atoms with E-state index in [2.05, 4.69) is 0 Å². The normalized spacial score (nSPS) is 29.9. The topological polar surface area (TPSA) is 63.7 Å². The molecule has 3 atom stereocenters. The molecule has 2 amide bonds. The molecule has 5 heteroatoms. The van der Waals surface area contributed by atoms with Gasteiger partial charge in [0, 0.05) is 0 Å². The molecule has 1 aliphatic heterocycles. The summed E-state index contributed by atoms with van der Waals surface area (Å²) in [7, 11) is 0. The monoisotopic (exact) mass is 285 g/mol. The number of hydrogen-bond acceptors (Lipinski definition) is 4. The standard InChI is InChI=1S/C16H15NO4/c18-14-10-5-1-2-6-11(10)15(19)17(14)21-16(20)12-7-3-4-9-8-13(9)12/h1-2,5-6,9,12-13H,3-4,7-8H2. The van der Waals surface area contributed by atoms with Crippen molar-refractivity contribution in [1.29, 1.82) is 0 Å². The highest BCUT2D eigenvalue weighted by molar-refractivity contribution is 6.20. The molecule has 2 saturated carbocycles. The number of hydroxylamine groups is 2. The Morgan fingerprint density at radius 1 is 1.10 bits per heavy atom. The summed E-state index contributed by atoms with van der Waals surface area (Å²) in [5, 5.41) is 0.624. The number of hydrogen-bond donors (Lipinski definition) is 0. The maximum absolute atomic E-state index is 12.3. The molecule has 0 N–H and O–H groups in total. The van der Waals surface area contributed by atoms with E-state index in [1.54, 1.807) is 24.3 Å². The van der Waals surface area contributed by atoms with Gasteiger partial charge >= 0.3 is 5.97 Å². The van der Waals surface area contributed by atoms with Crippen LogP contribution in [-0.2, 0) is 9.63 Å². The van der Waals surface area contributed by atoms with Gasteiger partial charge in [-0.15, -0.1) is 0 Å². The van der Waals surface area contributed by atoms with E-state index < -0.39 is 17.8 Å². The SMILES string of the molecule is O=C(ON1C(=O)c2ccccc2C1=O)C1CCCC2CC21. The van der Waals surface area contributed by atoms with Crippen LogP contribution in [-0.4, -0.2) is 22.8 Å². The van der Waals surface area contributed by atoms with Gasteiger partial charge in [-0.05, 0) is 36.8 Å². The summed E-state index contributed by atoms with van der Waals surface area (Å²) < 4.78 is 0.